The third kappa shape index (κ3) is 2.62. The van der Waals surface area contributed by atoms with Crippen molar-refractivity contribution in [3.63, 3.8) is 0 Å². The van der Waals surface area contributed by atoms with Gasteiger partial charge in [-0.25, -0.2) is 9.78 Å². The number of para-hydroxylation sites is 1. The smallest absolute Gasteiger partial charge is 0.345 e. The van der Waals surface area contributed by atoms with Crippen LogP contribution >= 0.6 is 23.1 Å². The minimum Gasteiger partial charge on any atom is -0.477 e. The molecule has 0 saturated heterocycles. The molecule has 0 spiro atoms. The summed E-state index contributed by atoms with van der Waals surface area (Å²) in [6, 6.07) is 13.6. The molecule has 0 aliphatic carbocycles. The lowest BCUT2D eigenvalue weighted by molar-refractivity contribution is 0.0702. The van der Waals surface area contributed by atoms with Gasteiger partial charge in [0.2, 0.25) is 0 Å². The Balaban J connectivity index is 1.89. The number of thiophene rings is 1. The van der Waals surface area contributed by atoms with Crippen molar-refractivity contribution in [3.8, 4) is 0 Å². The van der Waals surface area contributed by atoms with Crippen LogP contribution in [-0.2, 0) is 0 Å². The second kappa shape index (κ2) is 5.03. The first kappa shape index (κ1) is 12.2. The number of aromatic nitrogens is 1. The maximum absolute atomic E-state index is 10.8. The predicted molar refractivity (Wildman–Crippen MR) is 77.1 cm³/mol. The van der Waals surface area contributed by atoms with E-state index in [0.29, 0.717) is 4.88 Å². The summed E-state index contributed by atoms with van der Waals surface area (Å²) in [6.07, 6.45) is 0. The molecule has 0 unspecified atom stereocenters. The maximum Gasteiger partial charge on any atom is 0.345 e. The number of carbonyl (C=O) groups is 1. The summed E-state index contributed by atoms with van der Waals surface area (Å²) in [4.78, 5) is 16.6. The molecule has 3 rings (SSSR count). The molecule has 3 aromatic rings. The van der Waals surface area contributed by atoms with E-state index in [1.807, 2.05) is 41.8 Å². The van der Waals surface area contributed by atoms with Gasteiger partial charge in [0.05, 0.1) is 5.52 Å². The van der Waals surface area contributed by atoms with Gasteiger partial charge in [-0.1, -0.05) is 36.0 Å². The Kier molecular flexibility index (Phi) is 3.23. The summed E-state index contributed by atoms with van der Waals surface area (Å²) in [5, 5.41) is 12.7. The molecule has 1 aromatic carbocycles. The van der Waals surface area contributed by atoms with Gasteiger partial charge < -0.3 is 5.11 Å². The molecule has 2 aromatic heterocycles. The van der Waals surface area contributed by atoms with Crippen molar-refractivity contribution in [2.75, 3.05) is 0 Å². The van der Waals surface area contributed by atoms with Crippen LogP contribution in [-0.4, -0.2) is 16.1 Å². The summed E-state index contributed by atoms with van der Waals surface area (Å²) >= 11 is 2.71. The zero-order chi connectivity index (χ0) is 13.2. The monoisotopic (exact) mass is 287 g/mol. The van der Waals surface area contributed by atoms with Crippen molar-refractivity contribution in [3.05, 3.63) is 52.7 Å². The molecule has 1 N–H and O–H groups in total. The molecule has 0 radical (unpaired) electrons. The fraction of sp³-hybridized carbons (Fsp3) is 0. The first-order chi connectivity index (χ1) is 9.22. The van der Waals surface area contributed by atoms with Gasteiger partial charge in [0, 0.05) is 15.7 Å². The SMILES string of the molecule is O=C(O)c1cc(Sc2ccc3ccccc3n2)cs1. The van der Waals surface area contributed by atoms with E-state index in [2.05, 4.69) is 4.98 Å². The largest absolute Gasteiger partial charge is 0.477 e. The molecular formula is C14H9NO2S2. The van der Waals surface area contributed by atoms with Crippen molar-refractivity contribution in [1.29, 1.82) is 0 Å². The van der Waals surface area contributed by atoms with Crippen LogP contribution in [0.2, 0.25) is 0 Å². The molecule has 19 heavy (non-hydrogen) atoms. The summed E-state index contributed by atoms with van der Waals surface area (Å²) in [7, 11) is 0. The number of nitrogens with zero attached hydrogens (tertiary/aromatic N) is 1. The number of hydrogen-bond acceptors (Lipinski definition) is 4. The van der Waals surface area contributed by atoms with Crippen LogP contribution in [0.1, 0.15) is 9.67 Å². The van der Waals surface area contributed by atoms with Crippen LogP contribution in [0.25, 0.3) is 10.9 Å². The lowest BCUT2D eigenvalue weighted by atomic mass is 10.2. The van der Waals surface area contributed by atoms with Gasteiger partial charge in [-0.3, -0.25) is 0 Å². The van der Waals surface area contributed by atoms with E-state index in [-0.39, 0.29) is 0 Å². The van der Waals surface area contributed by atoms with Gasteiger partial charge >= 0.3 is 5.97 Å². The van der Waals surface area contributed by atoms with Crippen LogP contribution in [0.4, 0.5) is 0 Å². The molecule has 5 heteroatoms. The van der Waals surface area contributed by atoms with Gasteiger partial charge in [-0.15, -0.1) is 11.3 Å². The lowest BCUT2D eigenvalue weighted by Gasteiger charge is -2.00. The first-order valence-electron chi connectivity index (χ1n) is 5.58. The fourth-order valence-corrected chi connectivity index (χ4v) is 3.43. The highest BCUT2D eigenvalue weighted by atomic mass is 32.2. The molecular weight excluding hydrogens is 278 g/mol. The van der Waals surface area contributed by atoms with Gasteiger partial charge in [-0.2, -0.15) is 0 Å². The molecule has 3 nitrogen and oxygen atoms in total. The average Bonchev–Trinajstić information content (AvgIpc) is 2.87. The Bertz CT molecular complexity index is 752. The Morgan fingerprint density at radius 3 is 2.84 bits per heavy atom. The summed E-state index contributed by atoms with van der Waals surface area (Å²) in [5.41, 5.74) is 0.946. The van der Waals surface area contributed by atoms with Crippen molar-refractivity contribution >= 4 is 40.0 Å². The van der Waals surface area contributed by atoms with Crippen molar-refractivity contribution in [1.82, 2.24) is 4.98 Å². The van der Waals surface area contributed by atoms with Crippen LogP contribution in [0.3, 0.4) is 0 Å². The topological polar surface area (TPSA) is 50.2 Å². The van der Waals surface area contributed by atoms with Crippen molar-refractivity contribution in [2.24, 2.45) is 0 Å². The third-order valence-corrected chi connectivity index (χ3v) is 4.56. The van der Waals surface area contributed by atoms with Crippen LogP contribution < -0.4 is 0 Å². The standard InChI is InChI=1S/C14H9NO2S2/c16-14(17)12-7-10(8-18-12)19-13-6-5-9-3-1-2-4-11(9)15-13/h1-8H,(H,16,17). The van der Waals surface area contributed by atoms with E-state index in [0.717, 1.165) is 20.8 Å². The maximum atomic E-state index is 10.8. The predicted octanol–water partition coefficient (Wildman–Crippen LogP) is 4.15. The summed E-state index contributed by atoms with van der Waals surface area (Å²) in [5.74, 6) is -0.886. The Labute approximate surface area is 117 Å². The molecule has 0 fully saturated rings. The quantitative estimate of drug-likeness (QED) is 0.786. The van der Waals surface area contributed by atoms with Gasteiger partial charge in [0.1, 0.15) is 9.90 Å². The highest BCUT2D eigenvalue weighted by Gasteiger charge is 2.08. The highest BCUT2D eigenvalue weighted by Crippen LogP contribution is 2.31. The van der Waals surface area contributed by atoms with E-state index in [4.69, 9.17) is 5.11 Å². The Hall–Kier alpha value is -1.85. The lowest BCUT2D eigenvalue weighted by Crippen LogP contribution is -1.89. The minimum absolute atomic E-state index is 0.350. The van der Waals surface area contributed by atoms with Crippen molar-refractivity contribution in [2.45, 2.75) is 9.92 Å². The van der Waals surface area contributed by atoms with E-state index in [1.54, 1.807) is 6.07 Å². The molecule has 0 aliphatic heterocycles. The number of carboxylic acids is 1. The molecule has 0 amide bonds. The summed E-state index contributed by atoms with van der Waals surface area (Å²) < 4.78 is 0. The molecule has 2 heterocycles. The number of pyridine rings is 1. The van der Waals surface area contributed by atoms with E-state index >= 15 is 0 Å². The van der Waals surface area contributed by atoms with Gasteiger partial charge in [-0.05, 0) is 18.2 Å². The zero-order valence-corrected chi connectivity index (χ0v) is 11.4. The van der Waals surface area contributed by atoms with Gasteiger partial charge in [0.25, 0.3) is 0 Å². The number of benzene rings is 1. The van der Waals surface area contributed by atoms with Crippen LogP contribution in [0.15, 0.2) is 57.8 Å². The second-order valence-corrected chi connectivity index (χ2v) is 5.90. The second-order valence-electron chi connectivity index (χ2n) is 3.90. The fourth-order valence-electron chi connectivity index (χ4n) is 1.71. The van der Waals surface area contributed by atoms with E-state index in [1.165, 1.54) is 23.1 Å². The van der Waals surface area contributed by atoms with E-state index in [9.17, 15) is 4.79 Å². The third-order valence-electron chi connectivity index (χ3n) is 2.58. The molecule has 0 atom stereocenters. The Morgan fingerprint density at radius 1 is 1.21 bits per heavy atom. The van der Waals surface area contributed by atoms with Crippen LogP contribution in [0.5, 0.6) is 0 Å². The van der Waals surface area contributed by atoms with Gasteiger partial charge in [0.15, 0.2) is 0 Å². The molecule has 94 valence electrons. The van der Waals surface area contributed by atoms with Crippen molar-refractivity contribution < 1.29 is 9.90 Å². The normalized spacial score (nSPS) is 10.7. The number of hydrogen-bond donors (Lipinski definition) is 1. The number of aromatic carboxylic acids is 1. The minimum atomic E-state index is -0.886. The van der Waals surface area contributed by atoms with E-state index < -0.39 is 5.97 Å². The number of fused-ring (bicyclic) bond motifs is 1. The number of rotatable bonds is 3. The Morgan fingerprint density at radius 2 is 2.05 bits per heavy atom. The average molecular weight is 287 g/mol. The molecule has 0 bridgehead atoms. The summed E-state index contributed by atoms with van der Waals surface area (Å²) in [6.45, 7) is 0. The highest BCUT2D eigenvalue weighted by molar-refractivity contribution is 7.99. The number of carboxylic acid groups (broad SMARTS) is 1. The molecule has 0 saturated carbocycles. The molecule has 0 aliphatic rings. The first-order valence-corrected chi connectivity index (χ1v) is 7.27. The van der Waals surface area contributed by atoms with Crippen LogP contribution in [0, 0.1) is 0 Å². The zero-order valence-electron chi connectivity index (χ0n) is 9.74.